The first-order valence-corrected chi connectivity index (χ1v) is 11.6. The van der Waals surface area contributed by atoms with Crippen LogP contribution >= 0.6 is 11.6 Å². The fourth-order valence-electron chi connectivity index (χ4n) is 4.41. The van der Waals surface area contributed by atoms with Crippen molar-refractivity contribution in [2.24, 2.45) is 5.92 Å². The molecule has 1 aliphatic rings. The molecule has 1 amide bonds. The molecular weight excluding hydrogens is 487 g/mol. The fraction of sp³-hybridized carbons (Fsp3) is 0.320. The molecular formula is C25H24ClFN6O3. The second-order valence-corrected chi connectivity index (χ2v) is 9.49. The molecule has 0 unspecified atom stereocenters. The van der Waals surface area contributed by atoms with Crippen LogP contribution in [0.4, 0.5) is 15.8 Å². The predicted molar refractivity (Wildman–Crippen MR) is 132 cm³/mol. The number of aliphatic hydroxyl groups is 2. The number of nitrogens with zero attached hydrogens (tertiary/aromatic N) is 4. The lowest BCUT2D eigenvalue weighted by Gasteiger charge is -2.43. The van der Waals surface area contributed by atoms with Gasteiger partial charge < -0.3 is 21.3 Å². The standard InChI is InChI=1S/C25H24ClFN6O3/c1-12-7-13(9-20(34)25(12,2)36)15-5-6-30-11-19(15)32-24(35)22-17(29)3-4-18(31-22)21-16(27)8-14(10-28)23(26)33-21/h3-6,8,11-13,20,34,36H,7,9,29H2,1-2H3,(H,32,35)/t12-,13+,20+,25+/m0/s1. The van der Waals surface area contributed by atoms with Crippen LogP contribution in [0.3, 0.4) is 0 Å². The van der Waals surface area contributed by atoms with Gasteiger partial charge in [-0.1, -0.05) is 18.5 Å². The van der Waals surface area contributed by atoms with E-state index < -0.39 is 23.4 Å². The molecule has 36 heavy (non-hydrogen) atoms. The van der Waals surface area contributed by atoms with Crippen molar-refractivity contribution in [1.82, 2.24) is 15.0 Å². The predicted octanol–water partition coefficient (Wildman–Crippen LogP) is 3.66. The van der Waals surface area contributed by atoms with Crippen molar-refractivity contribution in [2.45, 2.75) is 44.3 Å². The molecule has 0 aliphatic heterocycles. The highest BCUT2D eigenvalue weighted by atomic mass is 35.5. The molecule has 1 fully saturated rings. The van der Waals surface area contributed by atoms with E-state index in [-0.39, 0.29) is 45.3 Å². The van der Waals surface area contributed by atoms with Gasteiger partial charge in [-0.25, -0.2) is 14.4 Å². The van der Waals surface area contributed by atoms with Crippen LogP contribution in [0.1, 0.15) is 54.2 Å². The summed E-state index contributed by atoms with van der Waals surface area (Å²) in [5, 5.41) is 32.6. The molecule has 1 saturated carbocycles. The zero-order chi connectivity index (χ0) is 26.2. The number of carbonyl (C=O) groups is 1. The van der Waals surface area contributed by atoms with Crippen molar-refractivity contribution in [3.63, 3.8) is 0 Å². The van der Waals surface area contributed by atoms with Gasteiger partial charge in [0.15, 0.2) is 11.5 Å². The second kappa shape index (κ2) is 9.78. The Morgan fingerprint density at radius 3 is 2.78 bits per heavy atom. The Bertz CT molecular complexity index is 1360. The van der Waals surface area contributed by atoms with Crippen molar-refractivity contribution in [1.29, 1.82) is 5.26 Å². The Morgan fingerprint density at radius 1 is 1.33 bits per heavy atom. The van der Waals surface area contributed by atoms with Crippen LogP contribution in [-0.2, 0) is 0 Å². The van der Waals surface area contributed by atoms with Crippen LogP contribution in [0, 0.1) is 23.1 Å². The number of hydrogen-bond donors (Lipinski definition) is 4. The molecule has 3 heterocycles. The van der Waals surface area contributed by atoms with Gasteiger partial charge in [0.1, 0.15) is 16.9 Å². The highest BCUT2D eigenvalue weighted by Crippen LogP contribution is 2.43. The molecule has 0 radical (unpaired) electrons. The first kappa shape index (κ1) is 25.4. The van der Waals surface area contributed by atoms with E-state index in [4.69, 9.17) is 22.6 Å². The molecule has 0 aromatic carbocycles. The normalized spacial score (nSPS) is 23.6. The van der Waals surface area contributed by atoms with Crippen molar-refractivity contribution in [3.05, 3.63) is 64.5 Å². The Hall–Kier alpha value is -3.65. The number of nitrogens with one attached hydrogen (secondary N) is 1. The Balaban J connectivity index is 1.64. The van der Waals surface area contributed by atoms with E-state index in [0.29, 0.717) is 18.5 Å². The Morgan fingerprint density at radius 2 is 2.08 bits per heavy atom. The fourth-order valence-corrected chi connectivity index (χ4v) is 4.59. The Kier molecular flexibility index (Phi) is 6.91. The molecule has 1 aliphatic carbocycles. The number of nitrogens with two attached hydrogens (primary N) is 1. The summed E-state index contributed by atoms with van der Waals surface area (Å²) in [4.78, 5) is 25.4. The van der Waals surface area contributed by atoms with Crippen LogP contribution in [0.15, 0.2) is 36.7 Å². The molecule has 4 atom stereocenters. The topological polar surface area (TPSA) is 158 Å². The average molecular weight is 511 g/mol. The van der Waals surface area contributed by atoms with Crippen molar-refractivity contribution < 1.29 is 19.4 Å². The molecule has 186 valence electrons. The summed E-state index contributed by atoms with van der Waals surface area (Å²) >= 11 is 5.95. The molecule has 0 saturated heterocycles. The van der Waals surface area contributed by atoms with Gasteiger partial charge in [-0.2, -0.15) is 5.26 Å². The van der Waals surface area contributed by atoms with Crippen LogP contribution in [0.25, 0.3) is 11.4 Å². The highest BCUT2D eigenvalue weighted by Gasteiger charge is 2.43. The van der Waals surface area contributed by atoms with E-state index in [9.17, 15) is 19.4 Å². The van der Waals surface area contributed by atoms with E-state index in [2.05, 4.69) is 20.3 Å². The quantitative estimate of drug-likeness (QED) is 0.387. The molecule has 5 N–H and O–H groups in total. The number of nitrogen functional groups attached to an aromatic ring is 1. The minimum Gasteiger partial charge on any atom is -0.397 e. The maximum absolute atomic E-state index is 14.6. The van der Waals surface area contributed by atoms with E-state index in [1.807, 2.05) is 6.92 Å². The van der Waals surface area contributed by atoms with E-state index >= 15 is 0 Å². The number of nitriles is 1. The van der Waals surface area contributed by atoms with Crippen LogP contribution in [0.2, 0.25) is 5.15 Å². The van der Waals surface area contributed by atoms with Gasteiger partial charge in [0.05, 0.1) is 40.5 Å². The minimum absolute atomic E-state index is 0.0103. The molecule has 0 spiro atoms. The van der Waals surface area contributed by atoms with Gasteiger partial charge in [-0.05, 0) is 61.4 Å². The lowest BCUT2D eigenvalue weighted by atomic mass is 9.69. The van der Waals surface area contributed by atoms with E-state index in [1.165, 1.54) is 18.3 Å². The van der Waals surface area contributed by atoms with Gasteiger partial charge in [-0.3, -0.25) is 9.78 Å². The van der Waals surface area contributed by atoms with Crippen LogP contribution < -0.4 is 11.1 Å². The summed E-state index contributed by atoms with van der Waals surface area (Å²) in [6, 6.07) is 7.24. The maximum atomic E-state index is 14.6. The molecule has 4 rings (SSSR count). The number of halogens is 2. The van der Waals surface area contributed by atoms with E-state index in [0.717, 1.165) is 11.6 Å². The monoisotopic (exact) mass is 510 g/mol. The third kappa shape index (κ3) is 4.73. The van der Waals surface area contributed by atoms with Crippen LogP contribution in [-0.4, -0.2) is 42.8 Å². The van der Waals surface area contributed by atoms with Gasteiger partial charge in [0.2, 0.25) is 0 Å². The number of amides is 1. The van der Waals surface area contributed by atoms with Gasteiger partial charge in [0.25, 0.3) is 5.91 Å². The van der Waals surface area contributed by atoms with Gasteiger partial charge in [0, 0.05) is 6.20 Å². The van der Waals surface area contributed by atoms with Gasteiger partial charge in [-0.15, -0.1) is 0 Å². The summed E-state index contributed by atoms with van der Waals surface area (Å²) in [7, 11) is 0. The third-order valence-corrected chi connectivity index (χ3v) is 7.08. The second-order valence-electron chi connectivity index (χ2n) is 9.13. The number of aromatic nitrogens is 3. The van der Waals surface area contributed by atoms with E-state index in [1.54, 1.807) is 25.3 Å². The zero-order valence-corrected chi connectivity index (χ0v) is 20.3. The van der Waals surface area contributed by atoms with Gasteiger partial charge >= 0.3 is 0 Å². The first-order chi connectivity index (χ1) is 17.0. The third-order valence-electron chi connectivity index (χ3n) is 6.80. The number of anilines is 2. The number of pyridine rings is 3. The number of carbonyl (C=O) groups excluding carboxylic acids is 1. The first-order valence-electron chi connectivity index (χ1n) is 11.2. The summed E-state index contributed by atoms with van der Waals surface area (Å²) in [6.07, 6.45) is 3.05. The molecule has 11 heteroatoms. The molecule has 3 aromatic rings. The van der Waals surface area contributed by atoms with Crippen molar-refractivity contribution in [2.75, 3.05) is 11.1 Å². The molecule has 9 nitrogen and oxygen atoms in total. The number of rotatable bonds is 4. The van der Waals surface area contributed by atoms with Crippen molar-refractivity contribution in [3.8, 4) is 17.5 Å². The molecule has 3 aromatic heterocycles. The minimum atomic E-state index is -1.20. The largest absolute Gasteiger partial charge is 0.397 e. The summed E-state index contributed by atoms with van der Waals surface area (Å²) in [6.45, 7) is 3.49. The average Bonchev–Trinajstić information content (AvgIpc) is 2.84. The number of hydrogen-bond acceptors (Lipinski definition) is 8. The number of aliphatic hydroxyl groups excluding tert-OH is 1. The smallest absolute Gasteiger partial charge is 0.276 e. The van der Waals surface area contributed by atoms with Crippen molar-refractivity contribution >= 4 is 28.9 Å². The summed E-state index contributed by atoms with van der Waals surface area (Å²) in [5.41, 5.74) is 5.50. The summed E-state index contributed by atoms with van der Waals surface area (Å²) in [5.74, 6) is -1.79. The highest BCUT2D eigenvalue weighted by molar-refractivity contribution is 6.30. The molecule has 0 bridgehead atoms. The summed E-state index contributed by atoms with van der Waals surface area (Å²) < 4.78 is 14.6. The zero-order valence-electron chi connectivity index (χ0n) is 19.5. The Labute approximate surface area is 211 Å². The lowest BCUT2D eigenvalue weighted by molar-refractivity contribution is -0.123. The maximum Gasteiger partial charge on any atom is 0.276 e. The lowest BCUT2D eigenvalue weighted by Crippen LogP contribution is -2.49. The van der Waals surface area contributed by atoms with Crippen LogP contribution in [0.5, 0.6) is 0 Å². The SMILES string of the molecule is C[C@H]1C[C@@H](c2ccncc2NC(=O)c2nc(-c3nc(Cl)c(C#N)cc3F)ccc2N)C[C@@H](O)[C@]1(C)O.